The second-order valence-electron chi connectivity index (χ2n) is 13.7. The third-order valence-corrected chi connectivity index (χ3v) is 9.22. The average molecular weight is 617 g/mol. The van der Waals surface area contributed by atoms with Crippen molar-refractivity contribution in [2.24, 2.45) is 5.92 Å². The van der Waals surface area contributed by atoms with Crippen LogP contribution < -0.4 is 10.6 Å². The third-order valence-electron chi connectivity index (χ3n) is 9.22. The predicted octanol–water partition coefficient (Wildman–Crippen LogP) is 3.75. The summed E-state index contributed by atoms with van der Waals surface area (Å²) in [7, 11) is 0. The highest BCUT2D eigenvalue weighted by Gasteiger charge is 2.56. The summed E-state index contributed by atoms with van der Waals surface area (Å²) < 4.78 is 25.5. The summed E-state index contributed by atoms with van der Waals surface area (Å²) in [6, 6.07) is 2.82. The zero-order chi connectivity index (χ0) is 31.6. The smallest absolute Gasteiger partial charge is 0.410 e. The Bertz CT molecular complexity index is 1270. The molecule has 4 aliphatic rings. The molecule has 44 heavy (non-hydrogen) atoms. The zero-order valence-electron chi connectivity index (χ0n) is 25.9. The number of aliphatic hydroxyl groups excluding tert-OH is 1. The maximum atomic E-state index is 14.3. The Hall–Kier alpha value is -3.41. The first-order chi connectivity index (χ1) is 20.9. The Balaban J connectivity index is 1.34. The van der Waals surface area contributed by atoms with Crippen molar-refractivity contribution in [3.8, 4) is 0 Å². The molecule has 0 unspecified atom stereocenters. The number of amides is 4. The van der Waals surface area contributed by atoms with Crippen LogP contribution in [0.4, 0.5) is 14.0 Å². The maximum absolute atomic E-state index is 14.3. The molecule has 12 heteroatoms. The lowest BCUT2D eigenvalue weighted by Gasteiger charge is -2.30. The summed E-state index contributed by atoms with van der Waals surface area (Å²) in [6.07, 6.45) is 4.39. The van der Waals surface area contributed by atoms with E-state index in [1.807, 2.05) is 0 Å². The Morgan fingerprint density at radius 1 is 1.11 bits per heavy atom. The van der Waals surface area contributed by atoms with E-state index in [0.29, 0.717) is 30.4 Å². The van der Waals surface area contributed by atoms with Gasteiger partial charge in [-0.15, -0.1) is 0 Å². The van der Waals surface area contributed by atoms with Gasteiger partial charge in [0, 0.05) is 18.5 Å². The molecule has 1 aliphatic carbocycles. The van der Waals surface area contributed by atoms with Crippen LogP contribution in [0.2, 0.25) is 0 Å². The molecule has 3 fully saturated rings. The number of rotatable bonds is 3. The van der Waals surface area contributed by atoms with E-state index in [2.05, 4.69) is 10.6 Å². The molecule has 0 bridgehead atoms. The summed E-state index contributed by atoms with van der Waals surface area (Å²) in [5.74, 6) is -1.09. The van der Waals surface area contributed by atoms with Gasteiger partial charge in [0.1, 0.15) is 29.6 Å². The molecule has 0 spiro atoms. The number of aliphatic hydroxyl groups is 1. The fourth-order valence-electron chi connectivity index (χ4n) is 6.75. The van der Waals surface area contributed by atoms with E-state index in [4.69, 9.17) is 9.47 Å². The van der Waals surface area contributed by atoms with Crippen molar-refractivity contribution in [2.45, 2.75) is 121 Å². The molecule has 2 saturated heterocycles. The molecule has 3 heterocycles. The fraction of sp³-hybridized carbons (Fsp3) is 0.688. The molecule has 1 aromatic rings. The van der Waals surface area contributed by atoms with E-state index in [9.17, 15) is 28.7 Å². The largest absolute Gasteiger partial charge is 0.444 e. The average Bonchev–Trinajstić information content (AvgIpc) is 3.26. The van der Waals surface area contributed by atoms with Gasteiger partial charge in [0.25, 0.3) is 0 Å². The SMILES string of the molecule is CC(C)(C)OC(=O)N[C@H]1CCCCCCC[C@@H]2C[C@@]2(CO)NC(=O)[C@@H]2C[C@@H](OC(=O)N3Cc4cccc(F)c4C3)CN2C1=O. The van der Waals surface area contributed by atoms with Crippen molar-refractivity contribution >= 4 is 24.0 Å². The molecule has 3 N–H and O–H groups in total. The minimum atomic E-state index is -0.966. The topological polar surface area (TPSA) is 138 Å². The van der Waals surface area contributed by atoms with Gasteiger partial charge >= 0.3 is 12.2 Å². The van der Waals surface area contributed by atoms with Crippen LogP contribution in [-0.2, 0) is 32.2 Å². The van der Waals surface area contributed by atoms with Crippen molar-refractivity contribution in [2.75, 3.05) is 13.2 Å². The lowest BCUT2D eigenvalue weighted by atomic mass is 10.0. The van der Waals surface area contributed by atoms with E-state index in [0.717, 1.165) is 32.1 Å². The highest BCUT2D eigenvalue weighted by atomic mass is 19.1. The fourth-order valence-corrected chi connectivity index (χ4v) is 6.75. The molecule has 11 nitrogen and oxygen atoms in total. The summed E-state index contributed by atoms with van der Waals surface area (Å²) in [5.41, 5.74) is -0.331. The number of fused-ring (bicyclic) bond motifs is 3. The molecule has 0 radical (unpaired) electrons. The van der Waals surface area contributed by atoms with Gasteiger partial charge in [-0.05, 0) is 57.6 Å². The lowest BCUT2D eigenvalue weighted by molar-refractivity contribution is -0.140. The Labute approximate surface area is 257 Å². The Morgan fingerprint density at radius 2 is 1.84 bits per heavy atom. The van der Waals surface area contributed by atoms with Crippen molar-refractivity contribution in [1.82, 2.24) is 20.4 Å². The Morgan fingerprint density at radius 3 is 2.55 bits per heavy atom. The van der Waals surface area contributed by atoms with E-state index < -0.39 is 53.3 Å². The molecule has 4 amide bonds. The van der Waals surface area contributed by atoms with Gasteiger partial charge in [0.05, 0.1) is 25.2 Å². The molecule has 0 aromatic heterocycles. The molecule has 3 aliphatic heterocycles. The zero-order valence-corrected chi connectivity index (χ0v) is 25.9. The number of hydrogen-bond donors (Lipinski definition) is 3. The number of halogens is 1. The number of alkyl carbamates (subject to hydrolysis) is 1. The van der Waals surface area contributed by atoms with Gasteiger partial charge in [0.2, 0.25) is 11.8 Å². The number of nitrogens with zero attached hydrogens (tertiary/aromatic N) is 2. The summed E-state index contributed by atoms with van der Waals surface area (Å²) in [5, 5.41) is 16.0. The van der Waals surface area contributed by atoms with Crippen LogP contribution in [0.25, 0.3) is 0 Å². The van der Waals surface area contributed by atoms with E-state index in [-0.39, 0.29) is 44.4 Å². The number of nitrogens with one attached hydrogen (secondary N) is 2. The van der Waals surface area contributed by atoms with Gasteiger partial charge in [-0.1, -0.05) is 44.2 Å². The van der Waals surface area contributed by atoms with Crippen LogP contribution >= 0.6 is 0 Å². The molecule has 5 rings (SSSR count). The van der Waals surface area contributed by atoms with Crippen LogP contribution in [-0.4, -0.2) is 81.4 Å². The molecular weight excluding hydrogens is 571 g/mol. The van der Waals surface area contributed by atoms with Crippen molar-refractivity contribution < 1.29 is 38.1 Å². The van der Waals surface area contributed by atoms with Gasteiger partial charge in [-0.3, -0.25) is 14.5 Å². The summed E-state index contributed by atoms with van der Waals surface area (Å²) in [4.78, 5) is 56.5. The molecule has 5 atom stereocenters. The van der Waals surface area contributed by atoms with Gasteiger partial charge in [-0.25, -0.2) is 14.0 Å². The molecule has 242 valence electrons. The standard InChI is InChI=1S/C32H45FN4O7/c1-31(2,3)44-29(41)34-25-13-8-6-4-5-7-11-21-15-32(21,19-38)35-27(39)26-14-22(17-37(26)28(25)40)43-30(42)36-16-20-10-9-12-24(33)23(20)18-36/h9-10,12,21-22,25-26,38H,4-8,11,13-19H2,1-3H3,(H,34,41)(H,35,39)/t21-,22-,25+,26+,32+/m1/s1. The van der Waals surface area contributed by atoms with Crippen molar-refractivity contribution in [1.29, 1.82) is 0 Å². The predicted molar refractivity (Wildman–Crippen MR) is 158 cm³/mol. The van der Waals surface area contributed by atoms with E-state index in [1.165, 1.54) is 15.9 Å². The van der Waals surface area contributed by atoms with Crippen LogP contribution in [0.1, 0.15) is 89.7 Å². The monoisotopic (exact) mass is 616 g/mol. The van der Waals surface area contributed by atoms with Gasteiger partial charge in [0.15, 0.2) is 0 Å². The number of hydrogen-bond acceptors (Lipinski definition) is 7. The number of carbonyl (C=O) groups excluding carboxylic acids is 4. The highest BCUT2D eigenvalue weighted by Crippen LogP contribution is 2.47. The van der Waals surface area contributed by atoms with E-state index >= 15 is 0 Å². The second kappa shape index (κ2) is 12.9. The first-order valence-electron chi connectivity index (χ1n) is 15.8. The normalized spacial score (nSPS) is 29.4. The Kier molecular flexibility index (Phi) is 9.38. The van der Waals surface area contributed by atoms with Crippen LogP contribution in [0.5, 0.6) is 0 Å². The molecule has 1 aromatic carbocycles. The van der Waals surface area contributed by atoms with Gasteiger partial charge in [-0.2, -0.15) is 0 Å². The summed E-state index contributed by atoms with van der Waals surface area (Å²) >= 11 is 0. The highest BCUT2D eigenvalue weighted by molar-refractivity contribution is 5.92. The first kappa shape index (κ1) is 32.0. The third kappa shape index (κ3) is 7.27. The lowest BCUT2D eigenvalue weighted by Crippen LogP contribution is -2.56. The van der Waals surface area contributed by atoms with Crippen LogP contribution in [0, 0.1) is 11.7 Å². The molecular formula is C32H45FN4O7. The van der Waals surface area contributed by atoms with Crippen molar-refractivity contribution in [3.05, 3.63) is 35.1 Å². The quantitative estimate of drug-likeness (QED) is 0.471. The van der Waals surface area contributed by atoms with Crippen molar-refractivity contribution in [3.63, 3.8) is 0 Å². The molecule has 1 saturated carbocycles. The minimum absolute atomic E-state index is 0.0418. The van der Waals surface area contributed by atoms with Crippen LogP contribution in [0.3, 0.4) is 0 Å². The first-order valence-corrected chi connectivity index (χ1v) is 15.8. The van der Waals surface area contributed by atoms with E-state index in [1.54, 1.807) is 32.9 Å². The minimum Gasteiger partial charge on any atom is -0.444 e. The number of benzene rings is 1. The second-order valence-corrected chi connectivity index (χ2v) is 13.7. The summed E-state index contributed by atoms with van der Waals surface area (Å²) in [6.45, 7) is 5.24. The number of carbonyl (C=O) groups is 4. The maximum Gasteiger partial charge on any atom is 0.410 e. The van der Waals surface area contributed by atoms with Crippen LogP contribution in [0.15, 0.2) is 18.2 Å². The number of ether oxygens (including phenoxy) is 2. The van der Waals surface area contributed by atoms with Gasteiger partial charge < -0.3 is 30.1 Å².